The Bertz CT molecular complexity index is 435. The first-order chi connectivity index (χ1) is 9.13. The van der Waals surface area contributed by atoms with Gasteiger partial charge >= 0.3 is 0 Å². The van der Waals surface area contributed by atoms with Gasteiger partial charge in [0.05, 0.1) is 13.2 Å². The molecule has 0 aliphatic rings. The third-order valence-electron chi connectivity index (χ3n) is 2.47. The van der Waals surface area contributed by atoms with Crippen LogP contribution in [0.3, 0.4) is 0 Å². The molecule has 2 amide bonds. The van der Waals surface area contributed by atoms with Gasteiger partial charge in [0.1, 0.15) is 0 Å². The Kier molecular flexibility index (Phi) is 6.56. The molecule has 4 N–H and O–H groups in total. The zero-order valence-electron chi connectivity index (χ0n) is 10.9. The van der Waals surface area contributed by atoms with Gasteiger partial charge in [0.15, 0.2) is 0 Å². The highest BCUT2D eigenvalue weighted by Gasteiger charge is 2.03. The first kappa shape index (κ1) is 15.1. The minimum Gasteiger partial charge on any atom is -0.383 e. The number of carbonyl (C=O) groups is 2. The monoisotopic (exact) mass is 265 g/mol. The summed E-state index contributed by atoms with van der Waals surface area (Å²) in [6.07, 6.45) is 0. The summed E-state index contributed by atoms with van der Waals surface area (Å²) in [5, 5.41) is 5.69. The van der Waals surface area contributed by atoms with Gasteiger partial charge in [-0.3, -0.25) is 9.59 Å². The number of methoxy groups -OCH3 is 1. The standard InChI is InChI=1S/C13H19N3O3/c1-19-6-5-15-9-12(17)16-8-10-3-2-4-11(7-10)13(14)18/h2-4,7,15H,5-6,8-9H2,1H3,(H2,14,18)(H,16,17). The summed E-state index contributed by atoms with van der Waals surface area (Å²) >= 11 is 0. The number of hydrogen-bond acceptors (Lipinski definition) is 4. The Morgan fingerprint density at radius 3 is 2.84 bits per heavy atom. The molecule has 1 rings (SSSR count). The number of rotatable bonds is 8. The van der Waals surface area contributed by atoms with E-state index in [4.69, 9.17) is 10.5 Å². The Morgan fingerprint density at radius 1 is 1.37 bits per heavy atom. The number of ether oxygens (including phenoxy) is 1. The second kappa shape index (κ2) is 8.23. The van der Waals surface area contributed by atoms with Gasteiger partial charge in [-0.1, -0.05) is 12.1 Å². The fourth-order valence-electron chi connectivity index (χ4n) is 1.47. The van der Waals surface area contributed by atoms with Crippen LogP contribution in [0, 0.1) is 0 Å². The topological polar surface area (TPSA) is 93.4 Å². The van der Waals surface area contributed by atoms with Crippen molar-refractivity contribution in [3.63, 3.8) is 0 Å². The van der Waals surface area contributed by atoms with Gasteiger partial charge in [0.2, 0.25) is 11.8 Å². The molecule has 0 aliphatic heterocycles. The van der Waals surface area contributed by atoms with E-state index in [1.165, 1.54) is 0 Å². The van der Waals surface area contributed by atoms with Crippen LogP contribution in [-0.4, -0.2) is 38.6 Å². The second-order valence-corrected chi connectivity index (χ2v) is 4.01. The van der Waals surface area contributed by atoms with Crippen molar-refractivity contribution < 1.29 is 14.3 Å². The molecule has 0 saturated carbocycles. The largest absolute Gasteiger partial charge is 0.383 e. The van der Waals surface area contributed by atoms with Crippen molar-refractivity contribution in [1.29, 1.82) is 0 Å². The van der Waals surface area contributed by atoms with Crippen LogP contribution in [0.5, 0.6) is 0 Å². The van der Waals surface area contributed by atoms with E-state index in [0.29, 0.717) is 25.3 Å². The molecular formula is C13H19N3O3. The minimum atomic E-state index is -0.477. The number of amides is 2. The second-order valence-electron chi connectivity index (χ2n) is 4.01. The Morgan fingerprint density at radius 2 is 2.16 bits per heavy atom. The molecule has 1 aromatic rings. The summed E-state index contributed by atoms with van der Waals surface area (Å²) in [4.78, 5) is 22.5. The molecule has 0 aliphatic carbocycles. The summed E-state index contributed by atoms with van der Waals surface area (Å²) in [5.41, 5.74) is 6.45. The van der Waals surface area contributed by atoms with E-state index in [2.05, 4.69) is 10.6 Å². The predicted octanol–water partition coefficient (Wildman–Crippen LogP) is -0.362. The number of benzene rings is 1. The number of nitrogens with one attached hydrogen (secondary N) is 2. The van der Waals surface area contributed by atoms with Gasteiger partial charge in [-0.25, -0.2) is 0 Å². The van der Waals surface area contributed by atoms with Gasteiger partial charge in [0, 0.05) is 25.8 Å². The smallest absolute Gasteiger partial charge is 0.248 e. The van der Waals surface area contributed by atoms with E-state index in [0.717, 1.165) is 5.56 Å². The van der Waals surface area contributed by atoms with Crippen molar-refractivity contribution >= 4 is 11.8 Å². The van der Waals surface area contributed by atoms with Gasteiger partial charge < -0.3 is 21.1 Å². The lowest BCUT2D eigenvalue weighted by Crippen LogP contribution is -2.34. The van der Waals surface area contributed by atoms with E-state index in [1.807, 2.05) is 6.07 Å². The molecule has 0 spiro atoms. The lowest BCUT2D eigenvalue weighted by atomic mass is 10.1. The van der Waals surface area contributed by atoms with Crippen molar-refractivity contribution in [1.82, 2.24) is 10.6 Å². The van der Waals surface area contributed by atoms with Crippen LogP contribution in [0.1, 0.15) is 15.9 Å². The van der Waals surface area contributed by atoms with Crippen LogP contribution in [0.2, 0.25) is 0 Å². The Labute approximate surface area is 112 Å². The summed E-state index contributed by atoms with van der Waals surface area (Å²) in [5.74, 6) is -0.588. The molecule has 104 valence electrons. The zero-order valence-corrected chi connectivity index (χ0v) is 10.9. The van der Waals surface area contributed by atoms with Crippen molar-refractivity contribution in [3.05, 3.63) is 35.4 Å². The average molecular weight is 265 g/mol. The lowest BCUT2D eigenvalue weighted by Gasteiger charge is -2.07. The Hall–Kier alpha value is -1.92. The highest BCUT2D eigenvalue weighted by molar-refractivity contribution is 5.92. The maximum absolute atomic E-state index is 11.5. The van der Waals surface area contributed by atoms with E-state index in [9.17, 15) is 9.59 Å². The van der Waals surface area contributed by atoms with Gasteiger partial charge in [-0.05, 0) is 17.7 Å². The number of carbonyl (C=O) groups excluding carboxylic acids is 2. The van der Waals surface area contributed by atoms with Crippen molar-refractivity contribution in [2.75, 3.05) is 26.8 Å². The number of nitrogens with two attached hydrogens (primary N) is 1. The molecule has 0 unspecified atom stereocenters. The van der Waals surface area contributed by atoms with Crippen molar-refractivity contribution in [2.45, 2.75) is 6.54 Å². The third-order valence-corrected chi connectivity index (χ3v) is 2.47. The SMILES string of the molecule is COCCNCC(=O)NCc1cccc(C(N)=O)c1. The quantitative estimate of drug-likeness (QED) is 0.559. The van der Waals surface area contributed by atoms with Gasteiger partial charge in [-0.15, -0.1) is 0 Å². The highest BCUT2D eigenvalue weighted by Crippen LogP contribution is 2.04. The fourth-order valence-corrected chi connectivity index (χ4v) is 1.47. The highest BCUT2D eigenvalue weighted by atomic mass is 16.5. The lowest BCUT2D eigenvalue weighted by molar-refractivity contribution is -0.120. The van der Waals surface area contributed by atoms with Gasteiger partial charge in [0.25, 0.3) is 0 Å². The van der Waals surface area contributed by atoms with Crippen LogP contribution < -0.4 is 16.4 Å². The molecule has 0 radical (unpaired) electrons. The van der Waals surface area contributed by atoms with Crippen LogP contribution in [-0.2, 0) is 16.1 Å². The summed E-state index contributed by atoms with van der Waals surface area (Å²) in [6, 6.07) is 6.87. The Balaban J connectivity index is 2.33. The molecule has 6 nitrogen and oxygen atoms in total. The number of primary amides is 1. The third kappa shape index (κ3) is 5.98. The molecule has 6 heteroatoms. The first-order valence-electron chi connectivity index (χ1n) is 5.98. The fraction of sp³-hybridized carbons (Fsp3) is 0.385. The molecule has 0 heterocycles. The molecule has 1 aromatic carbocycles. The predicted molar refractivity (Wildman–Crippen MR) is 71.6 cm³/mol. The van der Waals surface area contributed by atoms with Gasteiger partial charge in [-0.2, -0.15) is 0 Å². The molecule has 0 bridgehead atoms. The van der Waals surface area contributed by atoms with Crippen LogP contribution >= 0.6 is 0 Å². The summed E-state index contributed by atoms with van der Waals surface area (Å²) < 4.78 is 4.85. The molecular weight excluding hydrogens is 246 g/mol. The normalized spacial score (nSPS) is 10.2. The van der Waals surface area contributed by atoms with E-state index in [1.54, 1.807) is 25.3 Å². The van der Waals surface area contributed by atoms with E-state index < -0.39 is 5.91 Å². The molecule has 0 fully saturated rings. The number of hydrogen-bond donors (Lipinski definition) is 3. The average Bonchev–Trinajstić information content (AvgIpc) is 2.41. The maximum atomic E-state index is 11.5. The van der Waals surface area contributed by atoms with Crippen LogP contribution in [0.4, 0.5) is 0 Å². The zero-order chi connectivity index (χ0) is 14.1. The van der Waals surface area contributed by atoms with Crippen LogP contribution in [0.25, 0.3) is 0 Å². The molecule has 0 aromatic heterocycles. The summed E-state index contributed by atoms with van der Waals surface area (Å²) in [7, 11) is 1.60. The minimum absolute atomic E-state index is 0.111. The van der Waals surface area contributed by atoms with E-state index in [-0.39, 0.29) is 12.5 Å². The summed E-state index contributed by atoms with van der Waals surface area (Å²) in [6.45, 7) is 1.79. The van der Waals surface area contributed by atoms with Crippen LogP contribution in [0.15, 0.2) is 24.3 Å². The van der Waals surface area contributed by atoms with Crippen molar-refractivity contribution in [2.24, 2.45) is 5.73 Å². The van der Waals surface area contributed by atoms with E-state index >= 15 is 0 Å². The molecule has 0 saturated heterocycles. The molecule has 0 atom stereocenters. The van der Waals surface area contributed by atoms with Crippen molar-refractivity contribution in [3.8, 4) is 0 Å². The first-order valence-corrected chi connectivity index (χ1v) is 5.98. The molecule has 19 heavy (non-hydrogen) atoms. The maximum Gasteiger partial charge on any atom is 0.248 e.